The quantitative estimate of drug-likeness (QED) is 0.401. The standard InChI is InChI=1S/C13H21NO5/c1-4-18-11(15)6-7-12(16)19-9-5-8-14-13(17)10(2)3/h6-7,10H,4-5,8-9H2,1-3H3,(H,14,17)/b7-6+. The molecule has 19 heavy (non-hydrogen) atoms. The highest BCUT2D eigenvalue weighted by Gasteiger charge is 2.05. The molecule has 0 aliphatic carbocycles. The van der Waals surface area contributed by atoms with Crippen LogP contribution in [0.15, 0.2) is 12.2 Å². The van der Waals surface area contributed by atoms with Crippen LogP contribution in [0.2, 0.25) is 0 Å². The lowest BCUT2D eigenvalue weighted by molar-refractivity contribution is -0.140. The van der Waals surface area contributed by atoms with Gasteiger partial charge >= 0.3 is 11.9 Å². The van der Waals surface area contributed by atoms with Gasteiger partial charge in [-0.05, 0) is 13.3 Å². The number of ether oxygens (including phenoxy) is 2. The Labute approximate surface area is 113 Å². The minimum Gasteiger partial charge on any atom is -0.463 e. The first-order valence-corrected chi connectivity index (χ1v) is 6.26. The Hall–Kier alpha value is -1.85. The molecule has 0 bridgehead atoms. The predicted octanol–water partition coefficient (Wildman–Crippen LogP) is 0.811. The van der Waals surface area contributed by atoms with E-state index in [2.05, 4.69) is 10.1 Å². The van der Waals surface area contributed by atoms with Gasteiger partial charge in [-0.1, -0.05) is 13.8 Å². The summed E-state index contributed by atoms with van der Waals surface area (Å²) in [5, 5.41) is 2.70. The number of nitrogens with one attached hydrogen (secondary N) is 1. The third-order valence-electron chi connectivity index (χ3n) is 2.03. The Kier molecular flexibility index (Phi) is 9.12. The van der Waals surface area contributed by atoms with Crippen molar-refractivity contribution in [2.24, 2.45) is 5.92 Å². The minimum atomic E-state index is -0.608. The van der Waals surface area contributed by atoms with Gasteiger partial charge in [0, 0.05) is 24.6 Å². The highest BCUT2D eigenvalue weighted by atomic mass is 16.5. The fraction of sp³-hybridized carbons (Fsp3) is 0.615. The van der Waals surface area contributed by atoms with Crippen LogP contribution in [0.1, 0.15) is 27.2 Å². The van der Waals surface area contributed by atoms with Gasteiger partial charge in [-0.25, -0.2) is 9.59 Å². The van der Waals surface area contributed by atoms with Crippen LogP contribution in [-0.2, 0) is 23.9 Å². The second-order valence-electron chi connectivity index (χ2n) is 4.05. The Balaban J connectivity index is 3.64. The number of amides is 1. The van der Waals surface area contributed by atoms with Crippen LogP contribution in [0.3, 0.4) is 0 Å². The molecule has 0 aliphatic heterocycles. The molecule has 0 heterocycles. The average molecular weight is 271 g/mol. The Morgan fingerprint density at radius 3 is 2.21 bits per heavy atom. The van der Waals surface area contributed by atoms with Gasteiger partial charge in [0.05, 0.1) is 13.2 Å². The molecule has 0 atom stereocenters. The summed E-state index contributed by atoms with van der Waals surface area (Å²) in [5.74, 6) is -1.28. The van der Waals surface area contributed by atoms with Crippen molar-refractivity contribution in [2.45, 2.75) is 27.2 Å². The molecular formula is C13H21NO5. The number of carbonyl (C=O) groups excluding carboxylic acids is 3. The van der Waals surface area contributed by atoms with Crippen molar-refractivity contribution in [1.29, 1.82) is 0 Å². The molecule has 0 unspecified atom stereocenters. The molecule has 0 rings (SSSR count). The summed E-state index contributed by atoms with van der Waals surface area (Å²) in [5.41, 5.74) is 0. The summed E-state index contributed by atoms with van der Waals surface area (Å²) in [6, 6.07) is 0. The molecule has 0 radical (unpaired) electrons. The molecule has 0 aliphatic rings. The molecular weight excluding hydrogens is 250 g/mol. The molecule has 0 saturated carbocycles. The van der Waals surface area contributed by atoms with Crippen molar-refractivity contribution < 1.29 is 23.9 Å². The van der Waals surface area contributed by atoms with Crippen LogP contribution in [0.25, 0.3) is 0 Å². The molecule has 1 amide bonds. The third kappa shape index (κ3) is 9.82. The zero-order chi connectivity index (χ0) is 14.7. The number of carbonyl (C=O) groups is 3. The summed E-state index contributed by atoms with van der Waals surface area (Å²) in [6.07, 6.45) is 2.56. The van der Waals surface area contributed by atoms with Crippen molar-refractivity contribution in [1.82, 2.24) is 5.32 Å². The first-order valence-electron chi connectivity index (χ1n) is 6.26. The van der Waals surface area contributed by atoms with Crippen molar-refractivity contribution in [2.75, 3.05) is 19.8 Å². The summed E-state index contributed by atoms with van der Waals surface area (Å²) in [6.45, 7) is 6.17. The first kappa shape index (κ1) is 17.2. The topological polar surface area (TPSA) is 81.7 Å². The maximum absolute atomic E-state index is 11.2. The largest absolute Gasteiger partial charge is 0.463 e. The molecule has 0 aromatic rings. The normalized spacial score (nSPS) is 10.5. The zero-order valence-corrected chi connectivity index (χ0v) is 11.6. The van der Waals surface area contributed by atoms with Crippen LogP contribution in [0, 0.1) is 5.92 Å². The second-order valence-corrected chi connectivity index (χ2v) is 4.05. The Bertz CT molecular complexity index is 336. The molecule has 0 fully saturated rings. The van der Waals surface area contributed by atoms with Gasteiger partial charge in [-0.3, -0.25) is 4.79 Å². The summed E-state index contributed by atoms with van der Waals surface area (Å²) < 4.78 is 9.43. The van der Waals surface area contributed by atoms with Gasteiger partial charge < -0.3 is 14.8 Å². The van der Waals surface area contributed by atoms with Crippen molar-refractivity contribution in [3.05, 3.63) is 12.2 Å². The van der Waals surface area contributed by atoms with Gasteiger partial charge in [-0.2, -0.15) is 0 Å². The van der Waals surface area contributed by atoms with E-state index in [-0.39, 0.29) is 25.0 Å². The molecule has 0 aromatic heterocycles. The molecule has 108 valence electrons. The number of rotatable bonds is 8. The molecule has 0 aromatic carbocycles. The van der Waals surface area contributed by atoms with E-state index < -0.39 is 11.9 Å². The smallest absolute Gasteiger partial charge is 0.331 e. The summed E-state index contributed by atoms with van der Waals surface area (Å²) in [4.78, 5) is 33.2. The van der Waals surface area contributed by atoms with Crippen molar-refractivity contribution in [3.63, 3.8) is 0 Å². The highest BCUT2D eigenvalue weighted by Crippen LogP contribution is 1.91. The van der Waals surface area contributed by atoms with Gasteiger partial charge in [0.25, 0.3) is 0 Å². The first-order chi connectivity index (χ1) is 8.97. The molecule has 6 heteroatoms. The van der Waals surface area contributed by atoms with E-state index in [1.807, 2.05) is 0 Å². The third-order valence-corrected chi connectivity index (χ3v) is 2.03. The van der Waals surface area contributed by atoms with Crippen LogP contribution in [0.4, 0.5) is 0 Å². The van der Waals surface area contributed by atoms with Gasteiger partial charge in [0.1, 0.15) is 0 Å². The summed E-state index contributed by atoms with van der Waals surface area (Å²) in [7, 11) is 0. The van der Waals surface area contributed by atoms with Gasteiger partial charge in [0.2, 0.25) is 5.91 Å². The lowest BCUT2D eigenvalue weighted by Crippen LogP contribution is -2.29. The van der Waals surface area contributed by atoms with Crippen molar-refractivity contribution >= 4 is 17.8 Å². The molecule has 0 saturated heterocycles. The lowest BCUT2D eigenvalue weighted by Gasteiger charge is -2.07. The van der Waals surface area contributed by atoms with E-state index in [0.717, 1.165) is 12.2 Å². The SMILES string of the molecule is CCOC(=O)/C=C/C(=O)OCCCNC(=O)C(C)C. The fourth-order valence-electron chi connectivity index (χ4n) is 1.04. The second kappa shape index (κ2) is 10.1. The number of esters is 2. The fourth-order valence-corrected chi connectivity index (χ4v) is 1.04. The van der Waals surface area contributed by atoms with Crippen LogP contribution in [-0.4, -0.2) is 37.6 Å². The molecule has 6 nitrogen and oxygen atoms in total. The predicted molar refractivity (Wildman–Crippen MR) is 69.2 cm³/mol. The lowest BCUT2D eigenvalue weighted by atomic mass is 10.2. The molecule has 0 spiro atoms. The minimum absolute atomic E-state index is 0.0338. The maximum Gasteiger partial charge on any atom is 0.331 e. The van der Waals surface area contributed by atoms with E-state index in [9.17, 15) is 14.4 Å². The van der Waals surface area contributed by atoms with Crippen molar-refractivity contribution in [3.8, 4) is 0 Å². The van der Waals surface area contributed by atoms with Crippen LogP contribution >= 0.6 is 0 Å². The van der Waals surface area contributed by atoms with Gasteiger partial charge in [0.15, 0.2) is 0 Å². The Morgan fingerprint density at radius 2 is 1.68 bits per heavy atom. The Morgan fingerprint density at radius 1 is 1.11 bits per heavy atom. The number of hydrogen-bond acceptors (Lipinski definition) is 5. The maximum atomic E-state index is 11.2. The average Bonchev–Trinajstić information content (AvgIpc) is 2.36. The zero-order valence-electron chi connectivity index (χ0n) is 11.6. The van der Waals surface area contributed by atoms with E-state index in [1.165, 1.54) is 0 Å². The highest BCUT2D eigenvalue weighted by molar-refractivity contribution is 5.91. The molecule has 1 N–H and O–H groups in total. The van der Waals surface area contributed by atoms with E-state index in [1.54, 1.807) is 20.8 Å². The summed E-state index contributed by atoms with van der Waals surface area (Å²) >= 11 is 0. The van der Waals surface area contributed by atoms with E-state index in [0.29, 0.717) is 13.0 Å². The van der Waals surface area contributed by atoms with Crippen LogP contribution in [0.5, 0.6) is 0 Å². The monoisotopic (exact) mass is 271 g/mol. The number of hydrogen-bond donors (Lipinski definition) is 1. The van der Waals surface area contributed by atoms with E-state index in [4.69, 9.17) is 4.74 Å². The van der Waals surface area contributed by atoms with Gasteiger partial charge in [-0.15, -0.1) is 0 Å². The van der Waals surface area contributed by atoms with E-state index >= 15 is 0 Å². The van der Waals surface area contributed by atoms with Crippen LogP contribution < -0.4 is 5.32 Å².